The highest BCUT2D eigenvalue weighted by molar-refractivity contribution is 8.00. The van der Waals surface area contributed by atoms with Gasteiger partial charge < -0.3 is 5.73 Å². The molecule has 0 unspecified atom stereocenters. The number of carbonyl (C=O) groups is 1. The first kappa shape index (κ1) is 20.6. The number of nitrogens with two attached hydrogens (primary N) is 1. The van der Waals surface area contributed by atoms with Crippen molar-refractivity contribution in [3.05, 3.63) is 47.2 Å². The fourth-order valence-corrected chi connectivity index (χ4v) is 5.95. The van der Waals surface area contributed by atoms with Gasteiger partial charge >= 0.3 is 5.69 Å². The Bertz CT molecular complexity index is 1400. The number of rotatable bonds is 4. The lowest BCUT2D eigenvalue weighted by atomic mass is 10.1. The molecule has 0 saturated carbocycles. The molecule has 1 aliphatic carbocycles. The van der Waals surface area contributed by atoms with Gasteiger partial charge in [-0.3, -0.25) is 28.1 Å². The third kappa shape index (κ3) is 2.95. The number of ketones is 1. The van der Waals surface area contributed by atoms with Gasteiger partial charge in [0.05, 0.1) is 10.6 Å². The highest BCUT2D eigenvalue weighted by Gasteiger charge is 2.28. The van der Waals surface area contributed by atoms with Gasteiger partial charge in [-0.05, 0) is 31.7 Å². The summed E-state index contributed by atoms with van der Waals surface area (Å²) < 4.78 is 3.37. The number of aryl methyl sites for hydroxylation is 2. The van der Waals surface area contributed by atoms with E-state index in [4.69, 9.17) is 5.73 Å². The van der Waals surface area contributed by atoms with E-state index >= 15 is 0 Å². The van der Waals surface area contributed by atoms with E-state index < -0.39 is 22.3 Å². The van der Waals surface area contributed by atoms with Crippen LogP contribution in [0.5, 0.6) is 0 Å². The second-order valence-corrected chi connectivity index (χ2v) is 9.78. The number of anilines is 1. The first-order chi connectivity index (χ1) is 14.1. The Hall–Kier alpha value is -2.66. The van der Waals surface area contributed by atoms with E-state index in [-0.39, 0.29) is 16.9 Å². The first-order valence-electron chi connectivity index (χ1n) is 9.41. The van der Waals surface area contributed by atoms with Gasteiger partial charge in [0.2, 0.25) is 0 Å². The largest absolute Gasteiger partial charge is 0.384 e. The zero-order valence-corrected chi connectivity index (χ0v) is 18.6. The highest BCUT2D eigenvalue weighted by Crippen LogP contribution is 2.36. The van der Waals surface area contributed by atoms with Crippen molar-refractivity contribution >= 4 is 44.9 Å². The third-order valence-electron chi connectivity index (χ3n) is 5.51. The number of aromatic nitrogens is 4. The number of thiophene rings is 1. The Kier molecular flexibility index (Phi) is 4.97. The van der Waals surface area contributed by atoms with Crippen LogP contribution in [0.3, 0.4) is 0 Å². The van der Waals surface area contributed by atoms with E-state index in [2.05, 4.69) is 4.98 Å². The molecule has 0 amide bonds. The molecule has 11 heteroatoms. The predicted molar refractivity (Wildman–Crippen MR) is 118 cm³/mol. The predicted octanol–water partition coefficient (Wildman–Crippen LogP) is 0.827. The van der Waals surface area contributed by atoms with Crippen LogP contribution in [0, 0.1) is 0 Å². The molecule has 3 aromatic rings. The highest BCUT2D eigenvalue weighted by atomic mass is 32.2. The molecule has 158 valence electrons. The summed E-state index contributed by atoms with van der Waals surface area (Å²) in [5.41, 5.74) is 5.31. The molecular weight excluding hydrogens is 426 g/mol. The number of nitrogen functional groups attached to an aromatic ring is 1. The van der Waals surface area contributed by atoms with Crippen LogP contribution in [0.4, 0.5) is 5.82 Å². The van der Waals surface area contributed by atoms with Crippen LogP contribution in [0.1, 0.15) is 34.1 Å². The molecule has 0 spiro atoms. The van der Waals surface area contributed by atoms with Crippen molar-refractivity contribution in [2.45, 2.75) is 36.6 Å². The van der Waals surface area contributed by atoms with Gasteiger partial charge in [-0.15, -0.1) is 11.3 Å². The van der Waals surface area contributed by atoms with E-state index in [0.29, 0.717) is 15.4 Å². The fraction of sp³-hybridized carbons (Fsp3) is 0.421. The lowest BCUT2D eigenvalue weighted by Crippen LogP contribution is -2.42. The maximum Gasteiger partial charge on any atom is 0.332 e. The number of hydrogen-bond acceptors (Lipinski definition) is 8. The Morgan fingerprint density at radius 2 is 1.80 bits per heavy atom. The van der Waals surface area contributed by atoms with Crippen molar-refractivity contribution < 1.29 is 4.79 Å². The van der Waals surface area contributed by atoms with E-state index in [1.807, 2.05) is 0 Å². The Morgan fingerprint density at radius 3 is 2.50 bits per heavy atom. The lowest BCUT2D eigenvalue weighted by Gasteiger charge is -2.15. The second kappa shape index (κ2) is 7.24. The molecule has 30 heavy (non-hydrogen) atoms. The molecule has 1 aliphatic rings. The topological polar surface area (TPSA) is 122 Å². The summed E-state index contributed by atoms with van der Waals surface area (Å²) in [7, 11) is 4.34. The third-order valence-corrected chi connectivity index (χ3v) is 7.84. The molecule has 0 aromatic carbocycles. The molecule has 0 aliphatic heterocycles. The van der Waals surface area contributed by atoms with E-state index in [0.717, 1.165) is 45.7 Å². The summed E-state index contributed by atoms with van der Waals surface area (Å²) >= 11 is 2.63. The summed E-state index contributed by atoms with van der Waals surface area (Å²) in [6.45, 7) is 1.63. The Morgan fingerprint density at radius 1 is 1.10 bits per heavy atom. The molecule has 1 atom stereocenters. The number of nitrogens with zero attached hydrogens (tertiary/aromatic N) is 4. The molecule has 0 bridgehead atoms. The summed E-state index contributed by atoms with van der Waals surface area (Å²) in [6.07, 6.45) is 2.91. The van der Waals surface area contributed by atoms with E-state index in [1.165, 1.54) is 34.9 Å². The van der Waals surface area contributed by atoms with Crippen molar-refractivity contribution in [3.63, 3.8) is 0 Å². The monoisotopic (exact) mass is 447 g/mol. The summed E-state index contributed by atoms with van der Waals surface area (Å²) in [4.78, 5) is 57.0. The number of Topliss-reactive ketones (excluding diaryl/α,β-unsaturated/α-hetero) is 1. The van der Waals surface area contributed by atoms with Crippen molar-refractivity contribution in [2.24, 2.45) is 21.1 Å². The molecule has 0 radical (unpaired) electrons. The molecule has 0 fully saturated rings. The zero-order valence-electron chi connectivity index (χ0n) is 17.0. The van der Waals surface area contributed by atoms with Crippen molar-refractivity contribution in [1.82, 2.24) is 18.7 Å². The van der Waals surface area contributed by atoms with E-state index in [1.54, 1.807) is 14.0 Å². The minimum Gasteiger partial charge on any atom is -0.384 e. The molecule has 3 heterocycles. The van der Waals surface area contributed by atoms with Crippen molar-refractivity contribution in [2.75, 3.05) is 5.73 Å². The fourth-order valence-electron chi connectivity index (χ4n) is 3.72. The summed E-state index contributed by atoms with van der Waals surface area (Å²) in [5, 5.41) is 0.336. The number of carbonyl (C=O) groups excluding carboxylic acids is 1. The Balaban J connectivity index is 1.74. The standard InChI is InChI=1S/C19H21N5O4S2/c1-8(13(25)12-14(20)22(2)19(28)24(4)17(12)27)29-18-21-15-11(16(26)23(18)3)9-6-5-7-10(9)30-15/h8H,5-7,20H2,1-4H3/t8-/m0/s1. The van der Waals surface area contributed by atoms with Crippen LogP contribution in [0.25, 0.3) is 10.2 Å². The van der Waals surface area contributed by atoms with Crippen LogP contribution >= 0.6 is 23.1 Å². The van der Waals surface area contributed by atoms with E-state index in [9.17, 15) is 19.2 Å². The number of thioether (sulfide) groups is 1. The molecule has 0 saturated heterocycles. The first-order valence-corrected chi connectivity index (χ1v) is 11.1. The van der Waals surface area contributed by atoms with Crippen LogP contribution in [-0.4, -0.2) is 29.7 Å². The molecular formula is C19H21N5O4S2. The minimum atomic E-state index is -0.736. The van der Waals surface area contributed by atoms with Gasteiger partial charge in [0.25, 0.3) is 11.1 Å². The zero-order chi connectivity index (χ0) is 21.9. The number of hydrogen-bond donors (Lipinski definition) is 1. The summed E-state index contributed by atoms with van der Waals surface area (Å²) in [6, 6.07) is 0. The summed E-state index contributed by atoms with van der Waals surface area (Å²) in [5.74, 6) is -0.691. The molecule has 4 rings (SSSR count). The maximum absolute atomic E-state index is 13.0. The van der Waals surface area contributed by atoms with Gasteiger partial charge in [0.15, 0.2) is 10.9 Å². The van der Waals surface area contributed by atoms with Crippen molar-refractivity contribution in [3.8, 4) is 0 Å². The minimum absolute atomic E-state index is 0.126. The van der Waals surface area contributed by atoms with Crippen LogP contribution in [0.15, 0.2) is 19.5 Å². The van der Waals surface area contributed by atoms with Crippen LogP contribution in [-0.2, 0) is 34.0 Å². The van der Waals surface area contributed by atoms with Gasteiger partial charge in [0.1, 0.15) is 16.2 Å². The molecule has 3 aromatic heterocycles. The van der Waals surface area contributed by atoms with Gasteiger partial charge in [0, 0.05) is 26.0 Å². The lowest BCUT2D eigenvalue weighted by molar-refractivity contribution is 0.0992. The quantitative estimate of drug-likeness (QED) is 0.357. The average Bonchev–Trinajstić information content (AvgIpc) is 3.29. The van der Waals surface area contributed by atoms with Gasteiger partial charge in [-0.25, -0.2) is 9.78 Å². The van der Waals surface area contributed by atoms with Crippen LogP contribution in [0.2, 0.25) is 0 Å². The molecule has 9 nitrogen and oxygen atoms in total. The Labute approximate surface area is 179 Å². The van der Waals surface area contributed by atoms with Crippen molar-refractivity contribution in [1.29, 1.82) is 0 Å². The van der Waals surface area contributed by atoms with Gasteiger partial charge in [-0.1, -0.05) is 11.8 Å². The maximum atomic E-state index is 13.0. The second-order valence-electron chi connectivity index (χ2n) is 7.39. The molecule has 2 N–H and O–H groups in total. The normalized spacial score (nSPS) is 14.3. The SMILES string of the molecule is C[C@H](Sc1nc2sc3c(c2c(=O)n1C)CCC3)C(=O)c1c(N)n(C)c(=O)n(C)c1=O. The van der Waals surface area contributed by atoms with Gasteiger partial charge in [-0.2, -0.15) is 0 Å². The number of fused-ring (bicyclic) bond motifs is 3. The smallest absolute Gasteiger partial charge is 0.332 e. The van der Waals surface area contributed by atoms with Crippen LogP contribution < -0.4 is 22.5 Å². The average molecular weight is 448 g/mol.